The van der Waals surface area contributed by atoms with Crippen LogP contribution in [0, 0.1) is 11.8 Å². The van der Waals surface area contributed by atoms with Crippen molar-refractivity contribution in [1.29, 1.82) is 0 Å². The molecule has 0 unspecified atom stereocenters. The molecule has 3 saturated carbocycles. The number of carbonyl (C=O) groups is 2. The number of hydrogen-bond acceptors (Lipinski definition) is 8. The molecule has 2 aromatic carbocycles. The molecule has 2 atom stereocenters. The first kappa shape index (κ1) is 29.5. The van der Waals surface area contributed by atoms with Gasteiger partial charge in [-0.25, -0.2) is 0 Å². The normalized spacial score (nSPS) is 23.0. The van der Waals surface area contributed by atoms with E-state index in [2.05, 4.69) is 15.5 Å². The van der Waals surface area contributed by atoms with E-state index in [1.54, 1.807) is 44.3 Å². The van der Waals surface area contributed by atoms with Gasteiger partial charge in [0.2, 0.25) is 5.82 Å². The summed E-state index contributed by atoms with van der Waals surface area (Å²) in [4.78, 5) is 27.7. The van der Waals surface area contributed by atoms with Gasteiger partial charge in [0.05, 0.1) is 17.3 Å². The van der Waals surface area contributed by atoms with Crippen molar-refractivity contribution in [1.82, 2.24) is 25.0 Å². The van der Waals surface area contributed by atoms with Crippen LogP contribution in [0.2, 0.25) is 0 Å². The molecule has 5 N–H and O–H groups in total. The minimum atomic E-state index is -1.16. The number of nitrogens with zero attached hydrogens (tertiary/aromatic N) is 4. The van der Waals surface area contributed by atoms with Crippen LogP contribution in [0.4, 0.5) is 0 Å². The van der Waals surface area contributed by atoms with E-state index < -0.39 is 17.6 Å². The van der Waals surface area contributed by atoms with Crippen LogP contribution in [0.25, 0.3) is 17.1 Å². The molecule has 0 spiro atoms. The number of aromatic nitrogens is 3. The lowest BCUT2D eigenvalue weighted by atomic mass is 9.55. The third kappa shape index (κ3) is 5.22. The quantitative estimate of drug-likeness (QED) is 0.259. The van der Waals surface area contributed by atoms with Gasteiger partial charge >= 0.3 is 0 Å². The van der Waals surface area contributed by atoms with Crippen molar-refractivity contribution in [3.05, 3.63) is 53.3 Å². The van der Waals surface area contributed by atoms with E-state index in [0.29, 0.717) is 54.2 Å². The highest BCUT2D eigenvalue weighted by atomic mass is 16.3. The first-order valence-corrected chi connectivity index (χ1v) is 14.5. The molecule has 3 aliphatic carbocycles. The second kappa shape index (κ2) is 11.4. The monoisotopic (exact) mass is 577 g/mol. The largest absolute Gasteiger partial charge is 0.508 e. The molecule has 2 bridgehead atoms. The van der Waals surface area contributed by atoms with E-state index >= 15 is 0 Å². The molecule has 42 heavy (non-hydrogen) atoms. The summed E-state index contributed by atoms with van der Waals surface area (Å²) in [5, 5.41) is 53.7. The third-order valence-corrected chi connectivity index (χ3v) is 8.85. The van der Waals surface area contributed by atoms with Crippen LogP contribution in [-0.2, 0) is 0 Å². The van der Waals surface area contributed by atoms with E-state index in [0.717, 1.165) is 12.8 Å². The van der Waals surface area contributed by atoms with Crippen molar-refractivity contribution in [3.63, 3.8) is 0 Å². The van der Waals surface area contributed by atoms with Gasteiger partial charge in [0.1, 0.15) is 11.5 Å². The summed E-state index contributed by atoms with van der Waals surface area (Å²) in [7, 11) is 1.67. The Bertz CT molecular complexity index is 1480. The molecule has 224 valence electrons. The topological polar surface area (TPSA) is 161 Å². The van der Waals surface area contributed by atoms with Crippen LogP contribution in [0.5, 0.6) is 11.5 Å². The molecule has 1 heterocycles. The van der Waals surface area contributed by atoms with E-state index in [-0.39, 0.29) is 40.9 Å². The summed E-state index contributed by atoms with van der Waals surface area (Å²) < 4.78 is 1.50. The zero-order valence-corrected chi connectivity index (χ0v) is 24.4. The molecule has 0 radical (unpaired) electrons. The molecule has 3 aromatic rings. The lowest BCUT2D eigenvalue weighted by Crippen LogP contribution is -2.60. The first-order chi connectivity index (χ1) is 19.9. The predicted molar refractivity (Wildman–Crippen MR) is 156 cm³/mol. The van der Waals surface area contributed by atoms with Crippen molar-refractivity contribution in [2.75, 3.05) is 20.1 Å². The van der Waals surface area contributed by atoms with Crippen LogP contribution >= 0.6 is 0 Å². The number of phenolic OH excluding ortho intramolecular Hbond substituents is 2. The number of fused-ring (bicyclic) bond motifs is 2. The maximum absolute atomic E-state index is 13.2. The summed E-state index contributed by atoms with van der Waals surface area (Å²) in [6.07, 6.45) is 2.00. The van der Waals surface area contributed by atoms with Crippen molar-refractivity contribution >= 4 is 11.8 Å². The van der Waals surface area contributed by atoms with Gasteiger partial charge in [-0.3, -0.25) is 14.2 Å². The van der Waals surface area contributed by atoms with Gasteiger partial charge in [-0.15, -0.1) is 10.2 Å². The number of phenols is 2. The molecule has 11 heteroatoms. The van der Waals surface area contributed by atoms with Crippen LogP contribution in [0.1, 0.15) is 78.9 Å². The maximum Gasteiger partial charge on any atom is 0.289 e. The third-order valence-electron chi connectivity index (χ3n) is 8.85. The van der Waals surface area contributed by atoms with Crippen molar-refractivity contribution in [3.8, 4) is 28.6 Å². The molecule has 2 amide bonds. The number of hydrogen-bond donors (Lipinski definition) is 5. The van der Waals surface area contributed by atoms with E-state index in [1.165, 1.54) is 15.5 Å². The summed E-state index contributed by atoms with van der Waals surface area (Å²) in [5.74, 6) is -0.235. The van der Waals surface area contributed by atoms with Crippen molar-refractivity contribution in [2.24, 2.45) is 11.8 Å². The fourth-order valence-electron chi connectivity index (χ4n) is 6.25. The zero-order valence-electron chi connectivity index (χ0n) is 24.4. The van der Waals surface area contributed by atoms with Gasteiger partial charge < -0.3 is 30.6 Å². The van der Waals surface area contributed by atoms with Gasteiger partial charge in [0.15, 0.2) is 5.82 Å². The molecule has 1 aromatic heterocycles. The molecular weight excluding hydrogens is 538 g/mol. The molecule has 0 saturated heterocycles. The Morgan fingerprint density at radius 1 is 1.10 bits per heavy atom. The molecule has 0 aliphatic heterocycles. The van der Waals surface area contributed by atoms with Gasteiger partial charge in [-0.2, -0.15) is 0 Å². The standard InChI is InChI=1S/C31H39N5O6/c1-5-32-29(40)28-34-33-27(23-15-22(17(2)3)24(37)16-25(23)38)36(28)21-8-6-19(7-9-21)30(41)35(4)11-10-31(42)20-12-18(13-20)14-26(31)39/h6-9,15-18,20,26,37-39,42H,5,10-14H2,1-4H3,(H,32,40)/t18-,20+,26-,31+/m0/s1. The lowest BCUT2D eigenvalue weighted by Gasteiger charge is -2.55. The Balaban J connectivity index is 1.42. The van der Waals surface area contributed by atoms with Gasteiger partial charge in [-0.1, -0.05) is 13.8 Å². The molecule has 3 fully saturated rings. The minimum Gasteiger partial charge on any atom is -0.508 e. The summed E-state index contributed by atoms with van der Waals surface area (Å²) >= 11 is 0. The molecular formula is C31H39N5O6. The second-order valence-corrected chi connectivity index (χ2v) is 11.9. The van der Waals surface area contributed by atoms with Crippen LogP contribution in [0.15, 0.2) is 36.4 Å². The van der Waals surface area contributed by atoms with Gasteiger partial charge in [-0.05, 0) is 86.3 Å². The number of nitrogens with one attached hydrogen (secondary N) is 1. The average molecular weight is 578 g/mol. The number of aliphatic hydroxyl groups excluding tert-OH is 1. The molecule has 11 nitrogen and oxygen atoms in total. The highest BCUT2D eigenvalue weighted by Gasteiger charge is 2.54. The van der Waals surface area contributed by atoms with E-state index in [9.17, 15) is 30.0 Å². The zero-order chi connectivity index (χ0) is 30.3. The predicted octanol–water partition coefficient (Wildman–Crippen LogP) is 3.20. The number of aromatic hydroxyl groups is 2. The first-order valence-electron chi connectivity index (χ1n) is 14.5. The number of carbonyl (C=O) groups excluding carboxylic acids is 2. The highest BCUT2D eigenvalue weighted by molar-refractivity contribution is 5.95. The maximum atomic E-state index is 13.2. The SMILES string of the molecule is CCNC(=O)c1nnc(-c2cc(C(C)C)c(O)cc2O)n1-c1ccc(C(=O)N(C)CC[C@@]2(O)[C@H]3C[C@@H](C[C@@H]2O)C3)cc1. The molecule has 6 rings (SSSR count). The smallest absolute Gasteiger partial charge is 0.289 e. The van der Waals surface area contributed by atoms with Crippen LogP contribution < -0.4 is 5.32 Å². The van der Waals surface area contributed by atoms with E-state index in [1.807, 2.05) is 13.8 Å². The Morgan fingerprint density at radius 3 is 2.40 bits per heavy atom. The Labute approximate surface area is 244 Å². The van der Waals surface area contributed by atoms with Gasteiger partial charge in [0, 0.05) is 37.5 Å². The summed E-state index contributed by atoms with van der Waals surface area (Å²) in [5.41, 5.74) is 0.629. The van der Waals surface area contributed by atoms with Crippen LogP contribution in [-0.4, -0.2) is 83.7 Å². The Kier molecular flexibility index (Phi) is 8.00. The second-order valence-electron chi connectivity index (χ2n) is 11.9. The van der Waals surface area contributed by atoms with Crippen molar-refractivity contribution < 1.29 is 30.0 Å². The van der Waals surface area contributed by atoms with Crippen molar-refractivity contribution in [2.45, 2.75) is 64.1 Å². The number of amides is 2. The number of aliphatic hydroxyl groups is 2. The number of benzene rings is 2. The summed E-state index contributed by atoms with van der Waals surface area (Å²) in [6.45, 7) is 6.27. The lowest BCUT2D eigenvalue weighted by molar-refractivity contribution is -0.196. The average Bonchev–Trinajstić information content (AvgIpc) is 3.37. The Morgan fingerprint density at radius 2 is 1.79 bits per heavy atom. The number of rotatable bonds is 9. The Hall–Kier alpha value is -3.96. The van der Waals surface area contributed by atoms with Gasteiger partial charge in [0.25, 0.3) is 11.8 Å². The van der Waals surface area contributed by atoms with E-state index in [4.69, 9.17) is 0 Å². The fraction of sp³-hybridized carbons (Fsp3) is 0.484. The highest BCUT2D eigenvalue weighted by Crippen LogP contribution is 2.52. The van der Waals surface area contributed by atoms with Crippen LogP contribution in [0.3, 0.4) is 0 Å². The molecule has 3 aliphatic rings. The summed E-state index contributed by atoms with van der Waals surface area (Å²) in [6, 6.07) is 9.49. The fourth-order valence-corrected chi connectivity index (χ4v) is 6.25. The minimum absolute atomic E-state index is 0.000802.